The van der Waals surface area contributed by atoms with Crippen LogP contribution in [0.1, 0.15) is 29.6 Å². The van der Waals surface area contributed by atoms with Crippen LogP contribution in [0.15, 0.2) is 12.3 Å². The molecule has 0 bridgehead atoms. The largest absolute Gasteiger partial charge is 0.374 e. The Morgan fingerprint density at radius 3 is 3.21 bits per heavy atom. The normalized spacial score (nSPS) is 26.3. The summed E-state index contributed by atoms with van der Waals surface area (Å²) in [7, 11) is 0. The van der Waals surface area contributed by atoms with Gasteiger partial charge in [0.15, 0.2) is 0 Å². The molecule has 1 amide bonds. The van der Waals surface area contributed by atoms with Gasteiger partial charge in [-0.3, -0.25) is 4.79 Å². The van der Waals surface area contributed by atoms with Crippen molar-refractivity contribution in [3.8, 4) is 0 Å². The number of carbonyl (C=O) groups is 1. The summed E-state index contributed by atoms with van der Waals surface area (Å²) >= 11 is 5.90. The Bertz CT molecular complexity index is 511. The number of hydrogen-bond donors (Lipinski definition) is 0. The van der Waals surface area contributed by atoms with E-state index < -0.39 is 5.82 Å². The second-order valence-corrected chi connectivity index (χ2v) is 5.26. The molecule has 0 N–H and O–H groups in total. The summed E-state index contributed by atoms with van der Waals surface area (Å²) < 4.78 is 18.9. The van der Waals surface area contributed by atoms with E-state index in [1.54, 1.807) is 4.90 Å². The summed E-state index contributed by atoms with van der Waals surface area (Å²) in [5, 5.41) is 0.0486. The number of rotatable bonds is 1. The highest BCUT2D eigenvalue weighted by molar-refractivity contribution is 6.32. The molecule has 2 fully saturated rings. The van der Waals surface area contributed by atoms with Crippen molar-refractivity contribution in [2.45, 2.75) is 31.4 Å². The minimum atomic E-state index is -0.552. The molecule has 1 aromatic rings. The number of fused-ring (bicyclic) bond motifs is 1. The Morgan fingerprint density at radius 2 is 2.37 bits per heavy atom. The first kappa shape index (κ1) is 12.8. The SMILES string of the molecule is O=C(c1cc(F)cnc1Cl)N1CCOC2CCCC21. The molecule has 102 valence electrons. The number of morpholine rings is 1. The minimum absolute atomic E-state index is 0.0486. The molecule has 0 aromatic carbocycles. The van der Waals surface area contributed by atoms with E-state index in [1.165, 1.54) is 0 Å². The second-order valence-electron chi connectivity index (χ2n) is 4.90. The summed E-state index contributed by atoms with van der Waals surface area (Å²) in [6.45, 7) is 1.04. The number of ether oxygens (including phenoxy) is 1. The Balaban J connectivity index is 1.88. The van der Waals surface area contributed by atoms with Gasteiger partial charge in [0.2, 0.25) is 0 Å². The fourth-order valence-corrected chi connectivity index (χ4v) is 3.09. The van der Waals surface area contributed by atoms with E-state index in [0.717, 1.165) is 31.5 Å². The number of carbonyl (C=O) groups excluding carboxylic acids is 1. The van der Waals surface area contributed by atoms with E-state index in [0.29, 0.717) is 13.2 Å². The summed E-state index contributed by atoms with van der Waals surface area (Å²) in [5.74, 6) is -0.804. The zero-order chi connectivity index (χ0) is 13.4. The number of hydrogen-bond acceptors (Lipinski definition) is 3. The second kappa shape index (κ2) is 5.06. The third-order valence-corrected chi connectivity index (χ3v) is 4.08. The van der Waals surface area contributed by atoms with Crippen LogP contribution in [0.2, 0.25) is 5.15 Å². The van der Waals surface area contributed by atoms with Crippen molar-refractivity contribution in [3.63, 3.8) is 0 Å². The first-order chi connectivity index (χ1) is 9.16. The van der Waals surface area contributed by atoms with E-state index >= 15 is 0 Å². The molecule has 1 aromatic heterocycles. The summed E-state index contributed by atoms with van der Waals surface area (Å²) in [6, 6.07) is 1.23. The molecule has 4 nitrogen and oxygen atoms in total. The van der Waals surface area contributed by atoms with Gasteiger partial charge in [-0.25, -0.2) is 9.37 Å². The van der Waals surface area contributed by atoms with Gasteiger partial charge in [0.05, 0.1) is 30.5 Å². The van der Waals surface area contributed by atoms with Crippen molar-refractivity contribution in [3.05, 3.63) is 28.8 Å². The van der Waals surface area contributed by atoms with E-state index in [9.17, 15) is 9.18 Å². The fraction of sp³-hybridized carbons (Fsp3) is 0.538. The van der Waals surface area contributed by atoms with Gasteiger partial charge in [-0.15, -0.1) is 0 Å². The highest BCUT2D eigenvalue weighted by Gasteiger charge is 2.39. The molecule has 0 radical (unpaired) electrons. The molecule has 2 unspecified atom stereocenters. The lowest BCUT2D eigenvalue weighted by molar-refractivity contribution is -0.0445. The van der Waals surface area contributed by atoms with Crippen molar-refractivity contribution < 1.29 is 13.9 Å². The topological polar surface area (TPSA) is 42.4 Å². The van der Waals surface area contributed by atoms with Crippen LogP contribution in [0.25, 0.3) is 0 Å². The van der Waals surface area contributed by atoms with Gasteiger partial charge in [-0.1, -0.05) is 11.6 Å². The number of halogens is 2. The summed E-state index contributed by atoms with van der Waals surface area (Å²) in [6.07, 6.45) is 4.07. The number of nitrogens with zero attached hydrogens (tertiary/aromatic N) is 2. The number of pyridine rings is 1. The average Bonchev–Trinajstić information content (AvgIpc) is 2.89. The highest BCUT2D eigenvalue weighted by atomic mass is 35.5. The molecule has 1 saturated carbocycles. The lowest BCUT2D eigenvalue weighted by atomic mass is 10.1. The zero-order valence-corrected chi connectivity index (χ0v) is 11.1. The lowest BCUT2D eigenvalue weighted by Gasteiger charge is -2.37. The molecule has 1 saturated heterocycles. The Morgan fingerprint density at radius 1 is 1.53 bits per heavy atom. The maximum atomic E-state index is 13.2. The maximum Gasteiger partial charge on any atom is 0.257 e. The van der Waals surface area contributed by atoms with Crippen molar-refractivity contribution in [2.24, 2.45) is 0 Å². The summed E-state index contributed by atoms with van der Waals surface area (Å²) in [5.41, 5.74) is 0.134. The molecule has 19 heavy (non-hydrogen) atoms. The van der Waals surface area contributed by atoms with Crippen LogP contribution < -0.4 is 0 Å². The molecular weight excluding hydrogens is 271 g/mol. The molecule has 0 spiro atoms. The fourth-order valence-electron chi connectivity index (χ4n) is 2.91. The Hall–Kier alpha value is -1.20. The molecule has 2 aliphatic rings. The van der Waals surface area contributed by atoms with E-state index in [-0.39, 0.29) is 28.8 Å². The lowest BCUT2D eigenvalue weighted by Crippen LogP contribution is -2.51. The van der Waals surface area contributed by atoms with Crippen LogP contribution in [0.5, 0.6) is 0 Å². The van der Waals surface area contributed by atoms with Crippen LogP contribution >= 0.6 is 11.6 Å². The predicted octanol–water partition coefficient (Wildman–Crippen LogP) is 2.27. The zero-order valence-electron chi connectivity index (χ0n) is 10.3. The van der Waals surface area contributed by atoms with Crippen molar-refractivity contribution >= 4 is 17.5 Å². The number of amides is 1. The van der Waals surface area contributed by atoms with Crippen molar-refractivity contribution in [2.75, 3.05) is 13.2 Å². The monoisotopic (exact) mass is 284 g/mol. The van der Waals surface area contributed by atoms with Gasteiger partial charge >= 0.3 is 0 Å². The van der Waals surface area contributed by atoms with Crippen LogP contribution in [0, 0.1) is 5.82 Å². The first-order valence-corrected chi connectivity index (χ1v) is 6.78. The number of aromatic nitrogens is 1. The molecule has 3 rings (SSSR count). The minimum Gasteiger partial charge on any atom is -0.374 e. The van der Waals surface area contributed by atoms with Crippen molar-refractivity contribution in [1.82, 2.24) is 9.88 Å². The third-order valence-electron chi connectivity index (χ3n) is 3.78. The van der Waals surface area contributed by atoms with Crippen LogP contribution in [0.4, 0.5) is 4.39 Å². The highest BCUT2D eigenvalue weighted by Crippen LogP contribution is 2.31. The van der Waals surface area contributed by atoms with Crippen LogP contribution in [-0.4, -0.2) is 41.1 Å². The average molecular weight is 285 g/mol. The Kier molecular flexibility index (Phi) is 3.41. The van der Waals surface area contributed by atoms with E-state index in [2.05, 4.69) is 4.98 Å². The first-order valence-electron chi connectivity index (χ1n) is 6.40. The van der Waals surface area contributed by atoms with Gasteiger partial charge in [0.25, 0.3) is 5.91 Å². The van der Waals surface area contributed by atoms with Crippen LogP contribution in [-0.2, 0) is 4.74 Å². The predicted molar refractivity (Wildman–Crippen MR) is 67.6 cm³/mol. The van der Waals surface area contributed by atoms with Gasteiger partial charge in [-0.2, -0.15) is 0 Å². The maximum absolute atomic E-state index is 13.2. The van der Waals surface area contributed by atoms with Gasteiger partial charge in [-0.05, 0) is 25.3 Å². The van der Waals surface area contributed by atoms with Gasteiger partial charge in [0.1, 0.15) is 11.0 Å². The standard InChI is InChI=1S/C13H14ClFN2O2/c14-12-9(6-8(15)7-16-12)13(18)17-4-5-19-11-3-1-2-10(11)17/h6-7,10-11H,1-5H2. The molecule has 1 aliphatic carbocycles. The molecule has 6 heteroatoms. The van der Waals surface area contributed by atoms with Gasteiger partial charge < -0.3 is 9.64 Å². The van der Waals surface area contributed by atoms with E-state index in [4.69, 9.17) is 16.3 Å². The molecule has 1 aliphatic heterocycles. The van der Waals surface area contributed by atoms with Gasteiger partial charge in [0, 0.05) is 6.54 Å². The Labute approximate surface area is 115 Å². The summed E-state index contributed by atoms with van der Waals surface area (Å²) in [4.78, 5) is 17.9. The third kappa shape index (κ3) is 2.32. The van der Waals surface area contributed by atoms with E-state index in [1.807, 2.05) is 0 Å². The molecule has 2 atom stereocenters. The smallest absolute Gasteiger partial charge is 0.257 e. The quantitative estimate of drug-likeness (QED) is 0.743. The molecule has 2 heterocycles. The van der Waals surface area contributed by atoms with Crippen LogP contribution in [0.3, 0.4) is 0 Å². The van der Waals surface area contributed by atoms with Crippen molar-refractivity contribution in [1.29, 1.82) is 0 Å². The molecular formula is C13H14ClFN2O2.